The number of methoxy groups -OCH3 is 1. The maximum absolute atomic E-state index is 12.5. The normalized spacial score (nSPS) is 11.3. The maximum Gasteiger partial charge on any atom is 0.355 e. The Labute approximate surface area is 124 Å². The van der Waals surface area contributed by atoms with Crippen LogP contribution in [-0.2, 0) is 14.8 Å². The molecule has 0 bridgehead atoms. The molecule has 106 valence electrons. The summed E-state index contributed by atoms with van der Waals surface area (Å²) >= 11 is 3.20. The van der Waals surface area contributed by atoms with Crippen LogP contribution < -0.4 is 5.73 Å². The number of hydrogen-bond donors (Lipinski definition) is 1. The van der Waals surface area contributed by atoms with Crippen LogP contribution in [0.4, 0.5) is 5.69 Å². The third kappa shape index (κ3) is 2.44. The Morgan fingerprint density at radius 1 is 1.35 bits per heavy atom. The molecule has 20 heavy (non-hydrogen) atoms. The third-order valence-electron chi connectivity index (χ3n) is 2.62. The second-order valence-electron chi connectivity index (χ2n) is 3.87. The molecule has 0 amide bonds. The number of rotatable bonds is 3. The quantitative estimate of drug-likeness (QED) is 0.667. The molecule has 0 unspecified atom stereocenters. The summed E-state index contributed by atoms with van der Waals surface area (Å²) in [6, 6.07) is 7.21. The molecule has 0 aliphatic heterocycles. The van der Waals surface area contributed by atoms with Crippen LogP contribution in [0.15, 0.2) is 45.9 Å². The summed E-state index contributed by atoms with van der Waals surface area (Å²) in [6.45, 7) is 0. The predicted octanol–water partition coefficient (Wildman–Crippen LogP) is 1.86. The van der Waals surface area contributed by atoms with Crippen molar-refractivity contribution in [3.05, 3.63) is 46.7 Å². The highest BCUT2D eigenvalue weighted by Gasteiger charge is 2.25. The number of ether oxygens (including phenoxy) is 1. The summed E-state index contributed by atoms with van der Waals surface area (Å²) < 4.78 is 31.1. The van der Waals surface area contributed by atoms with Crippen molar-refractivity contribution in [2.24, 2.45) is 0 Å². The number of hydrogen-bond acceptors (Lipinski definition) is 5. The van der Waals surface area contributed by atoms with Crippen LogP contribution in [0.25, 0.3) is 0 Å². The lowest BCUT2D eigenvalue weighted by molar-refractivity contribution is 0.0593. The second kappa shape index (κ2) is 5.29. The molecular weight excluding hydrogens is 348 g/mol. The number of halogens is 1. The van der Waals surface area contributed by atoms with E-state index in [2.05, 4.69) is 20.7 Å². The van der Waals surface area contributed by atoms with E-state index >= 15 is 0 Å². The minimum atomic E-state index is -3.96. The van der Waals surface area contributed by atoms with Gasteiger partial charge in [-0.05, 0) is 30.3 Å². The smallest absolute Gasteiger partial charge is 0.355 e. The molecule has 0 aliphatic rings. The highest BCUT2D eigenvalue weighted by molar-refractivity contribution is 9.10. The van der Waals surface area contributed by atoms with E-state index in [1.807, 2.05) is 0 Å². The van der Waals surface area contributed by atoms with Gasteiger partial charge in [0.2, 0.25) is 0 Å². The summed E-state index contributed by atoms with van der Waals surface area (Å²) in [4.78, 5) is 11.5. The molecular formula is C12H11BrN2O4S. The number of nitrogens with two attached hydrogens (primary N) is 1. The number of esters is 1. The van der Waals surface area contributed by atoms with Crippen molar-refractivity contribution in [1.29, 1.82) is 0 Å². The van der Waals surface area contributed by atoms with Gasteiger partial charge in [-0.3, -0.25) is 0 Å². The molecule has 0 atom stereocenters. The summed E-state index contributed by atoms with van der Waals surface area (Å²) in [7, 11) is -2.78. The Morgan fingerprint density at radius 2 is 2.05 bits per heavy atom. The molecule has 8 heteroatoms. The standard InChI is InChI=1S/C12H11BrN2O4S/c1-19-12(16)10-3-2-6-15(10)20(17,18)11-5-4-8(13)7-9(11)14/h2-7H,14H2,1H3. The largest absolute Gasteiger partial charge is 0.464 e. The van der Waals surface area contributed by atoms with Gasteiger partial charge in [0.1, 0.15) is 10.6 Å². The van der Waals surface area contributed by atoms with Crippen LogP contribution in [0.3, 0.4) is 0 Å². The van der Waals surface area contributed by atoms with E-state index < -0.39 is 16.0 Å². The van der Waals surface area contributed by atoms with Gasteiger partial charge in [0.05, 0.1) is 12.8 Å². The first-order chi connectivity index (χ1) is 9.37. The van der Waals surface area contributed by atoms with Gasteiger partial charge in [0, 0.05) is 10.7 Å². The third-order valence-corrected chi connectivity index (χ3v) is 4.87. The lowest BCUT2D eigenvalue weighted by Gasteiger charge is -2.11. The molecule has 1 aromatic carbocycles. The first kappa shape index (κ1) is 14.6. The Bertz CT molecular complexity index is 768. The van der Waals surface area contributed by atoms with Crippen molar-refractivity contribution >= 4 is 37.6 Å². The molecule has 1 heterocycles. The molecule has 0 radical (unpaired) electrons. The highest BCUT2D eigenvalue weighted by Crippen LogP contribution is 2.25. The lowest BCUT2D eigenvalue weighted by atomic mass is 10.3. The lowest BCUT2D eigenvalue weighted by Crippen LogP contribution is -2.19. The monoisotopic (exact) mass is 358 g/mol. The molecule has 0 saturated carbocycles. The van der Waals surface area contributed by atoms with Gasteiger partial charge in [-0.25, -0.2) is 17.2 Å². The van der Waals surface area contributed by atoms with E-state index in [0.29, 0.717) is 4.47 Å². The van der Waals surface area contributed by atoms with Crippen LogP contribution in [0, 0.1) is 0 Å². The van der Waals surface area contributed by atoms with Crippen LogP contribution in [0.2, 0.25) is 0 Å². The number of aromatic nitrogens is 1. The second-order valence-corrected chi connectivity index (χ2v) is 6.57. The minimum absolute atomic E-state index is 0.0814. The minimum Gasteiger partial charge on any atom is -0.464 e. The van der Waals surface area contributed by atoms with Gasteiger partial charge in [-0.2, -0.15) is 0 Å². The first-order valence-electron chi connectivity index (χ1n) is 5.44. The van der Waals surface area contributed by atoms with Crippen molar-refractivity contribution in [2.75, 3.05) is 12.8 Å². The summed E-state index contributed by atoms with van der Waals surface area (Å²) in [5.41, 5.74) is 5.73. The van der Waals surface area contributed by atoms with Gasteiger partial charge in [0.25, 0.3) is 10.0 Å². The fraction of sp³-hybridized carbons (Fsp3) is 0.0833. The van der Waals surface area contributed by atoms with Gasteiger partial charge >= 0.3 is 5.97 Å². The van der Waals surface area contributed by atoms with Crippen molar-refractivity contribution in [3.8, 4) is 0 Å². The van der Waals surface area contributed by atoms with E-state index in [1.54, 1.807) is 6.07 Å². The molecule has 6 nitrogen and oxygen atoms in total. The zero-order valence-corrected chi connectivity index (χ0v) is 12.8. The zero-order chi connectivity index (χ0) is 14.9. The van der Waals surface area contributed by atoms with Gasteiger partial charge in [-0.15, -0.1) is 0 Å². The number of anilines is 1. The number of nitrogen functional groups attached to an aromatic ring is 1. The maximum atomic E-state index is 12.5. The molecule has 0 fully saturated rings. The van der Waals surface area contributed by atoms with Crippen LogP contribution >= 0.6 is 15.9 Å². The van der Waals surface area contributed by atoms with Crippen molar-refractivity contribution in [3.63, 3.8) is 0 Å². The average molecular weight is 359 g/mol. The fourth-order valence-electron chi connectivity index (χ4n) is 1.70. The van der Waals surface area contributed by atoms with E-state index in [-0.39, 0.29) is 16.3 Å². The number of carbonyl (C=O) groups excluding carboxylic acids is 1. The topological polar surface area (TPSA) is 91.4 Å². The molecule has 2 rings (SSSR count). The van der Waals surface area contributed by atoms with Crippen LogP contribution in [0.1, 0.15) is 10.5 Å². The van der Waals surface area contributed by atoms with E-state index in [0.717, 1.165) is 3.97 Å². The SMILES string of the molecule is COC(=O)c1cccn1S(=O)(=O)c1ccc(Br)cc1N. The molecule has 0 spiro atoms. The van der Waals surface area contributed by atoms with Crippen LogP contribution in [-0.4, -0.2) is 25.5 Å². The first-order valence-corrected chi connectivity index (χ1v) is 7.67. The zero-order valence-electron chi connectivity index (χ0n) is 10.4. The number of nitrogens with zero attached hydrogens (tertiary/aromatic N) is 1. The van der Waals surface area contributed by atoms with E-state index in [9.17, 15) is 13.2 Å². The van der Waals surface area contributed by atoms with E-state index in [1.165, 1.54) is 37.6 Å². The number of benzene rings is 1. The molecule has 0 aliphatic carbocycles. The van der Waals surface area contributed by atoms with Gasteiger partial charge in [-0.1, -0.05) is 15.9 Å². The fourth-order valence-corrected chi connectivity index (χ4v) is 3.51. The van der Waals surface area contributed by atoms with Crippen molar-refractivity contribution in [2.45, 2.75) is 4.90 Å². The Balaban J connectivity index is 2.62. The molecule has 0 saturated heterocycles. The molecule has 2 aromatic rings. The van der Waals surface area contributed by atoms with Crippen molar-refractivity contribution in [1.82, 2.24) is 3.97 Å². The van der Waals surface area contributed by atoms with Crippen LogP contribution in [0.5, 0.6) is 0 Å². The Kier molecular flexibility index (Phi) is 3.87. The predicted molar refractivity (Wildman–Crippen MR) is 76.9 cm³/mol. The van der Waals surface area contributed by atoms with Gasteiger partial charge in [0.15, 0.2) is 0 Å². The average Bonchev–Trinajstić information content (AvgIpc) is 2.87. The molecule has 2 N–H and O–H groups in total. The van der Waals surface area contributed by atoms with Crippen molar-refractivity contribution < 1.29 is 17.9 Å². The Hall–Kier alpha value is -1.80. The van der Waals surface area contributed by atoms with E-state index in [4.69, 9.17) is 5.73 Å². The van der Waals surface area contributed by atoms with Gasteiger partial charge < -0.3 is 10.5 Å². The summed E-state index contributed by atoms with van der Waals surface area (Å²) in [6.07, 6.45) is 1.27. The summed E-state index contributed by atoms with van der Waals surface area (Å²) in [5.74, 6) is -0.741. The molecule has 1 aromatic heterocycles. The summed E-state index contributed by atoms with van der Waals surface area (Å²) in [5, 5.41) is 0. The highest BCUT2D eigenvalue weighted by atomic mass is 79.9. The number of carbonyl (C=O) groups is 1. The Morgan fingerprint density at radius 3 is 2.65 bits per heavy atom.